The first-order chi connectivity index (χ1) is 16.5. The molecule has 1 amide bonds. The molecule has 1 saturated heterocycles. The van der Waals surface area contributed by atoms with E-state index in [0.29, 0.717) is 36.4 Å². The number of thiophene rings is 1. The third-order valence-electron chi connectivity index (χ3n) is 5.93. The number of esters is 1. The predicted octanol–water partition coefficient (Wildman–Crippen LogP) is 4.79. The van der Waals surface area contributed by atoms with E-state index in [1.54, 1.807) is 22.1 Å². The van der Waals surface area contributed by atoms with Gasteiger partial charge in [0.05, 0.1) is 37.3 Å². The molecule has 1 aromatic carbocycles. The number of amides is 1. The second-order valence-corrected chi connectivity index (χ2v) is 9.51. The van der Waals surface area contributed by atoms with Crippen molar-refractivity contribution in [3.05, 3.63) is 53.2 Å². The average molecular weight is 479 g/mol. The van der Waals surface area contributed by atoms with Crippen molar-refractivity contribution in [2.24, 2.45) is 0 Å². The minimum Gasteiger partial charge on any atom is -0.464 e. The third-order valence-corrected chi connectivity index (χ3v) is 7.05. The monoisotopic (exact) mass is 478 g/mol. The third kappa shape index (κ3) is 4.36. The molecule has 3 aromatic heterocycles. The van der Waals surface area contributed by atoms with Gasteiger partial charge in [-0.15, -0.1) is 11.3 Å². The fourth-order valence-corrected chi connectivity index (χ4v) is 5.42. The average Bonchev–Trinajstić information content (AvgIpc) is 3.56. The van der Waals surface area contributed by atoms with Crippen LogP contribution < -0.4 is 10.6 Å². The van der Waals surface area contributed by atoms with Crippen molar-refractivity contribution >= 4 is 55.7 Å². The summed E-state index contributed by atoms with van der Waals surface area (Å²) in [5, 5.41) is 8.15. The topological polar surface area (TPSA) is 94.5 Å². The second-order valence-electron chi connectivity index (χ2n) is 8.34. The van der Waals surface area contributed by atoms with Gasteiger partial charge in [0.1, 0.15) is 5.65 Å². The maximum Gasteiger partial charge on any atom is 0.356 e. The summed E-state index contributed by atoms with van der Waals surface area (Å²) < 4.78 is 13.9. The van der Waals surface area contributed by atoms with E-state index in [4.69, 9.17) is 9.47 Å². The number of carbonyl (C=O) groups is 2. The van der Waals surface area contributed by atoms with Crippen LogP contribution in [-0.2, 0) is 27.4 Å². The number of pyridine rings is 1. The van der Waals surface area contributed by atoms with Crippen molar-refractivity contribution in [3.63, 3.8) is 0 Å². The van der Waals surface area contributed by atoms with E-state index in [1.807, 2.05) is 18.2 Å². The van der Waals surface area contributed by atoms with Gasteiger partial charge in [0, 0.05) is 35.0 Å². The Hall–Kier alpha value is -3.43. The van der Waals surface area contributed by atoms with E-state index in [1.165, 1.54) is 29.0 Å². The Balaban J connectivity index is 1.52. The van der Waals surface area contributed by atoms with Crippen LogP contribution in [0.5, 0.6) is 0 Å². The Kier molecular flexibility index (Phi) is 6.21. The van der Waals surface area contributed by atoms with Crippen molar-refractivity contribution in [1.29, 1.82) is 0 Å². The molecule has 8 nitrogen and oxygen atoms in total. The van der Waals surface area contributed by atoms with Crippen LogP contribution in [0.1, 0.15) is 35.1 Å². The fourth-order valence-electron chi connectivity index (χ4n) is 4.42. The molecular weight excluding hydrogens is 452 g/mol. The lowest BCUT2D eigenvalue weighted by Gasteiger charge is -2.14. The van der Waals surface area contributed by atoms with Gasteiger partial charge in [0.25, 0.3) is 0 Å². The van der Waals surface area contributed by atoms with Crippen LogP contribution in [0.4, 0.5) is 11.4 Å². The summed E-state index contributed by atoms with van der Waals surface area (Å²) in [6.45, 7) is 3.22. The van der Waals surface area contributed by atoms with E-state index in [2.05, 4.69) is 33.8 Å². The molecule has 0 radical (unpaired) electrons. The Morgan fingerprint density at radius 2 is 2.15 bits per heavy atom. The van der Waals surface area contributed by atoms with Gasteiger partial charge in [-0.3, -0.25) is 4.79 Å². The van der Waals surface area contributed by atoms with Gasteiger partial charge < -0.3 is 24.7 Å². The van der Waals surface area contributed by atoms with Gasteiger partial charge in [-0.05, 0) is 36.4 Å². The molecule has 0 bridgehead atoms. The van der Waals surface area contributed by atoms with Crippen LogP contribution in [0, 0.1) is 0 Å². The molecule has 2 N–H and O–H groups in total. The highest BCUT2D eigenvalue weighted by molar-refractivity contribution is 7.19. The Morgan fingerprint density at radius 3 is 2.88 bits per heavy atom. The second kappa shape index (κ2) is 9.44. The zero-order chi connectivity index (χ0) is 23.7. The number of anilines is 2. The molecular formula is C25H26N4O4S. The zero-order valence-corrected chi connectivity index (χ0v) is 19.9. The molecule has 5 rings (SSSR count). The molecule has 4 aromatic rings. The molecule has 176 valence electrons. The van der Waals surface area contributed by atoms with E-state index in [9.17, 15) is 9.59 Å². The van der Waals surface area contributed by atoms with E-state index in [0.717, 1.165) is 18.5 Å². The number of aromatic nitrogens is 2. The standard InChI is InChI=1S/C25H26N4O4S/c1-15(30)28-22-20-11-17(26-13-19-10-16-6-3-4-8-21(16)34-19)12-27-24(20)29(23(22)25(31)32-2)14-18-7-5-9-33-18/h3-4,6,8,10-12,18,26H,5,7,9,13-14H2,1-2H3,(H,28,30)/t18-/m1/s1. The lowest BCUT2D eigenvalue weighted by Crippen LogP contribution is -2.21. The smallest absolute Gasteiger partial charge is 0.356 e. The van der Waals surface area contributed by atoms with E-state index >= 15 is 0 Å². The number of methoxy groups -OCH3 is 1. The van der Waals surface area contributed by atoms with Crippen LogP contribution in [-0.4, -0.2) is 41.2 Å². The minimum atomic E-state index is -0.528. The summed E-state index contributed by atoms with van der Waals surface area (Å²) in [6.07, 6.45) is 3.62. The number of benzene rings is 1. The van der Waals surface area contributed by atoms with Crippen LogP contribution in [0.15, 0.2) is 42.6 Å². The fraction of sp³-hybridized carbons (Fsp3) is 0.320. The molecule has 0 unspecified atom stereocenters. The SMILES string of the molecule is COC(=O)c1c(NC(C)=O)c2cc(NCc3cc4ccccc4s3)cnc2n1C[C@H]1CCCO1. The predicted molar refractivity (Wildman–Crippen MR) is 134 cm³/mol. The van der Waals surface area contributed by atoms with Crippen molar-refractivity contribution in [1.82, 2.24) is 9.55 Å². The Bertz CT molecular complexity index is 1340. The normalized spacial score (nSPS) is 15.6. The van der Waals surface area contributed by atoms with Crippen molar-refractivity contribution in [2.75, 3.05) is 24.4 Å². The van der Waals surface area contributed by atoms with E-state index < -0.39 is 5.97 Å². The first kappa shape index (κ1) is 22.4. The first-order valence-electron chi connectivity index (χ1n) is 11.2. The van der Waals surface area contributed by atoms with Crippen LogP contribution >= 0.6 is 11.3 Å². The number of nitrogens with zero attached hydrogens (tertiary/aromatic N) is 2. The maximum absolute atomic E-state index is 12.8. The summed E-state index contributed by atoms with van der Waals surface area (Å²) in [6, 6.07) is 12.4. The summed E-state index contributed by atoms with van der Waals surface area (Å²) >= 11 is 1.74. The number of nitrogens with one attached hydrogen (secondary N) is 2. The van der Waals surface area contributed by atoms with E-state index in [-0.39, 0.29) is 17.7 Å². The highest BCUT2D eigenvalue weighted by Gasteiger charge is 2.28. The number of hydrogen-bond donors (Lipinski definition) is 2. The summed E-state index contributed by atoms with van der Waals surface area (Å²) in [4.78, 5) is 30.7. The zero-order valence-electron chi connectivity index (χ0n) is 19.1. The maximum atomic E-state index is 12.8. The summed E-state index contributed by atoms with van der Waals surface area (Å²) in [5.74, 6) is -0.801. The largest absolute Gasteiger partial charge is 0.464 e. The molecule has 4 heterocycles. The first-order valence-corrected chi connectivity index (χ1v) is 12.1. The van der Waals surface area contributed by atoms with Crippen molar-refractivity contribution in [3.8, 4) is 0 Å². The minimum absolute atomic E-state index is 0.0169. The van der Waals surface area contributed by atoms with Gasteiger partial charge in [-0.2, -0.15) is 0 Å². The van der Waals surface area contributed by atoms with Crippen LogP contribution in [0.3, 0.4) is 0 Å². The molecule has 0 saturated carbocycles. The summed E-state index contributed by atoms with van der Waals surface area (Å²) in [5.41, 5.74) is 2.08. The molecule has 1 fully saturated rings. The molecule has 0 aliphatic carbocycles. The van der Waals surface area contributed by atoms with Gasteiger partial charge >= 0.3 is 5.97 Å². The Morgan fingerprint density at radius 1 is 1.29 bits per heavy atom. The molecule has 0 spiro atoms. The highest BCUT2D eigenvalue weighted by atomic mass is 32.1. The van der Waals surface area contributed by atoms with Crippen molar-refractivity contribution in [2.45, 2.75) is 39.0 Å². The van der Waals surface area contributed by atoms with Crippen LogP contribution in [0.2, 0.25) is 0 Å². The highest BCUT2D eigenvalue weighted by Crippen LogP contribution is 2.34. The lowest BCUT2D eigenvalue weighted by atomic mass is 10.2. The van der Waals surface area contributed by atoms with Gasteiger partial charge in [-0.25, -0.2) is 9.78 Å². The van der Waals surface area contributed by atoms with Crippen molar-refractivity contribution < 1.29 is 19.1 Å². The molecule has 34 heavy (non-hydrogen) atoms. The number of ether oxygens (including phenoxy) is 2. The molecule has 9 heteroatoms. The number of carbonyl (C=O) groups excluding carboxylic acids is 2. The number of hydrogen-bond acceptors (Lipinski definition) is 7. The Labute approximate surface area is 200 Å². The number of rotatable bonds is 7. The van der Waals surface area contributed by atoms with Gasteiger partial charge in [0.2, 0.25) is 5.91 Å². The number of fused-ring (bicyclic) bond motifs is 2. The van der Waals surface area contributed by atoms with Crippen LogP contribution in [0.25, 0.3) is 21.1 Å². The molecule has 1 aliphatic heterocycles. The van der Waals surface area contributed by atoms with Gasteiger partial charge in [-0.1, -0.05) is 18.2 Å². The van der Waals surface area contributed by atoms with Gasteiger partial charge in [0.15, 0.2) is 5.69 Å². The lowest BCUT2D eigenvalue weighted by molar-refractivity contribution is -0.114. The molecule has 1 atom stereocenters. The summed E-state index contributed by atoms with van der Waals surface area (Å²) in [7, 11) is 1.33. The quantitative estimate of drug-likeness (QED) is 0.371. The molecule has 1 aliphatic rings.